The molecule has 1 amide bonds. The van der Waals surface area contributed by atoms with Gasteiger partial charge in [0, 0.05) is 42.8 Å². The highest BCUT2D eigenvalue weighted by Gasteiger charge is 2.29. The Labute approximate surface area is 170 Å². The van der Waals surface area contributed by atoms with Crippen molar-refractivity contribution >= 4 is 22.8 Å². The minimum Gasteiger partial charge on any atom is -0.508 e. The number of phenols is 1. The van der Waals surface area contributed by atoms with Gasteiger partial charge in [-0.15, -0.1) is 0 Å². The second kappa shape index (κ2) is 7.08. The zero-order valence-corrected chi connectivity index (χ0v) is 17.3. The summed E-state index contributed by atoms with van der Waals surface area (Å²) in [6.45, 7) is 10.6. The third kappa shape index (κ3) is 3.02. The van der Waals surface area contributed by atoms with Crippen LogP contribution < -0.4 is 11.1 Å². The summed E-state index contributed by atoms with van der Waals surface area (Å²) in [7, 11) is 0. The summed E-state index contributed by atoms with van der Waals surface area (Å²) in [6.07, 6.45) is 0. The van der Waals surface area contributed by atoms with Gasteiger partial charge in [0.25, 0.3) is 5.91 Å². The van der Waals surface area contributed by atoms with Crippen LogP contribution in [0.5, 0.6) is 5.75 Å². The molecular weight excluding hydrogens is 366 g/mol. The summed E-state index contributed by atoms with van der Waals surface area (Å²) < 4.78 is 1.82. The Morgan fingerprint density at radius 2 is 1.83 bits per heavy atom. The maximum absolute atomic E-state index is 13.4. The summed E-state index contributed by atoms with van der Waals surface area (Å²) in [4.78, 5) is 20.1. The largest absolute Gasteiger partial charge is 0.508 e. The highest BCUT2D eigenvalue weighted by Crippen LogP contribution is 2.36. The van der Waals surface area contributed by atoms with Crippen LogP contribution in [0, 0.1) is 27.7 Å². The zero-order valence-electron chi connectivity index (χ0n) is 17.3. The van der Waals surface area contributed by atoms with Crippen molar-refractivity contribution in [2.24, 2.45) is 0 Å². The number of nitrogens with one attached hydrogen (secondary N) is 1. The fourth-order valence-corrected chi connectivity index (χ4v) is 4.06. The topological polar surface area (TPSA) is 96.4 Å². The molecule has 0 atom stereocenters. The van der Waals surface area contributed by atoms with Gasteiger partial charge >= 0.3 is 0 Å². The molecule has 4 N–H and O–H groups in total. The van der Waals surface area contributed by atoms with E-state index in [4.69, 9.17) is 10.7 Å². The van der Waals surface area contributed by atoms with Gasteiger partial charge in [0.1, 0.15) is 17.2 Å². The average molecular weight is 393 g/mol. The number of aromatic hydroxyl groups is 1. The van der Waals surface area contributed by atoms with Gasteiger partial charge in [0.15, 0.2) is 0 Å². The second-order valence-electron chi connectivity index (χ2n) is 7.77. The summed E-state index contributed by atoms with van der Waals surface area (Å²) in [5.74, 6) is 0.469. The van der Waals surface area contributed by atoms with Gasteiger partial charge in [0.05, 0.1) is 11.3 Å². The molecule has 0 radical (unpaired) electrons. The molecule has 3 heterocycles. The van der Waals surface area contributed by atoms with Crippen LogP contribution in [0.2, 0.25) is 0 Å². The van der Waals surface area contributed by atoms with Gasteiger partial charge in [-0.3, -0.25) is 9.36 Å². The van der Waals surface area contributed by atoms with Crippen LogP contribution in [0.4, 0.5) is 5.82 Å². The molecule has 0 aliphatic carbocycles. The number of carbonyl (C=O) groups is 1. The van der Waals surface area contributed by atoms with E-state index >= 15 is 0 Å². The number of fused-ring (bicyclic) bond motifs is 1. The molecule has 2 aromatic heterocycles. The molecule has 0 saturated carbocycles. The minimum atomic E-state index is -0.0757. The lowest BCUT2D eigenvalue weighted by atomic mass is 10.1. The van der Waals surface area contributed by atoms with E-state index in [2.05, 4.69) is 5.32 Å². The number of aromatic nitrogens is 2. The number of pyridine rings is 1. The number of benzene rings is 1. The monoisotopic (exact) mass is 393 g/mol. The normalized spacial score (nSPS) is 14.6. The average Bonchev–Trinajstić information content (AvgIpc) is 2.97. The van der Waals surface area contributed by atoms with E-state index < -0.39 is 0 Å². The SMILES string of the molecule is Cc1cc2c(C(=O)N3CCNCC3)c(N)n(-c3c(C)ccc(O)c3C)c2nc1C. The Balaban J connectivity index is 2.04. The number of nitrogen functional groups attached to an aromatic ring is 1. The van der Waals surface area contributed by atoms with Crippen LogP contribution in [-0.4, -0.2) is 51.6 Å². The van der Waals surface area contributed by atoms with Gasteiger partial charge < -0.3 is 21.1 Å². The number of nitrogens with two attached hydrogens (primary N) is 1. The molecule has 29 heavy (non-hydrogen) atoms. The quantitative estimate of drug-likeness (QED) is 0.622. The number of hydrogen-bond acceptors (Lipinski definition) is 5. The molecular formula is C22H27N5O2. The molecule has 7 heteroatoms. The van der Waals surface area contributed by atoms with E-state index in [1.165, 1.54) is 0 Å². The van der Waals surface area contributed by atoms with E-state index in [9.17, 15) is 9.90 Å². The molecule has 3 aromatic rings. The predicted octanol–water partition coefficient (Wildman–Crippen LogP) is 2.59. The summed E-state index contributed by atoms with van der Waals surface area (Å²) in [6, 6.07) is 5.51. The Morgan fingerprint density at radius 1 is 1.14 bits per heavy atom. The van der Waals surface area contributed by atoms with Crippen LogP contribution in [0.15, 0.2) is 18.2 Å². The fourth-order valence-electron chi connectivity index (χ4n) is 4.06. The Bertz CT molecular complexity index is 1130. The Morgan fingerprint density at radius 3 is 2.52 bits per heavy atom. The first-order valence-electron chi connectivity index (χ1n) is 9.89. The van der Waals surface area contributed by atoms with Gasteiger partial charge in [0.2, 0.25) is 0 Å². The highest BCUT2D eigenvalue weighted by molar-refractivity contribution is 6.11. The van der Waals surface area contributed by atoms with Crippen molar-refractivity contribution in [2.75, 3.05) is 31.9 Å². The van der Waals surface area contributed by atoms with Crippen LogP contribution in [0.3, 0.4) is 0 Å². The van der Waals surface area contributed by atoms with E-state index in [1.54, 1.807) is 6.07 Å². The number of carbonyl (C=O) groups excluding carboxylic acids is 1. The van der Waals surface area contributed by atoms with Crippen LogP contribution in [-0.2, 0) is 0 Å². The van der Waals surface area contributed by atoms with E-state index in [-0.39, 0.29) is 11.7 Å². The number of rotatable bonds is 2. The number of aryl methyl sites for hydroxylation is 3. The van der Waals surface area contributed by atoms with Gasteiger partial charge in [-0.1, -0.05) is 6.07 Å². The molecule has 1 saturated heterocycles. The standard InChI is InChI=1S/C22H27N5O2/c1-12-5-6-17(28)14(3)19(12)27-20(23)18(22(29)26-9-7-24-8-10-26)16-11-13(2)15(4)25-21(16)27/h5-6,11,24,28H,7-10,23H2,1-4H3. The maximum Gasteiger partial charge on any atom is 0.258 e. The van der Waals surface area contributed by atoms with Gasteiger partial charge in [-0.2, -0.15) is 0 Å². The zero-order chi connectivity index (χ0) is 20.9. The number of amides is 1. The van der Waals surface area contributed by atoms with E-state index in [0.29, 0.717) is 35.7 Å². The molecule has 0 unspecified atom stereocenters. The second-order valence-corrected chi connectivity index (χ2v) is 7.77. The molecule has 1 fully saturated rings. The summed E-state index contributed by atoms with van der Waals surface area (Å²) in [5.41, 5.74) is 12.1. The Kier molecular flexibility index (Phi) is 4.70. The van der Waals surface area contributed by atoms with E-state index in [1.807, 2.05) is 49.3 Å². The highest BCUT2D eigenvalue weighted by atomic mass is 16.3. The van der Waals surface area contributed by atoms with Crippen molar-refractivity contribution < 1.29 is 9.90 Å². The van der Waals surface area contributed by atoms with Crippen molar-refractivity contribution in [3.63, 3.8) is 0 Å². The maximum atomic E-state index is 13.4. The molecule has 0 spiro atoms. The lowest BCUT2D eigenvalue weighted by molar-refractivity contribution is 0.0739. The van der Waals surface area contributed by atoms with Crippen molar-refractivity contribution in [3.05, 3.63) is 46.1 Å². The first kappa shape index (κ1) is 19.3. The van der Waals surface area contributed by atoms with Crippen molar-refractivity contribution in [1.82, 2.24) is 19.8 Å². The van der Waals surface area contributed by atoms with Crippen LogP contribution in [0.25, 0.3) is 16.7 Å². The lowest BCUT2D eigenvalue weighted by Crippen LogP contribution is -2.46. The van der Waals surface area contributed by atoms with Crippen molar-refractivity contribution in [1.29, 1.82) is 0 Å². The van der Waals surface area contributed by atoms with Gasteiger partial charge in [-0.05, 0) is 51.0 Å². The lowest BCUT2D eigenvalue weighted by Gasteiger charge is -2.27. The molecule has 7 nitrogen and oxygen atoms in total. The van der Waals surface area contributed by atoms with Gasteiger partial charge in [-0.25, -0.2) is 4.98 Å². The molecule has 152 valence electrons. The Hall–Kier alpha value is -3.06. The molecule has 0 bridgehead atoms. The van der Waals surface area contributed by atoms with Crippen molar-refractivity contribution in [3.8, 4) is 11.4 Å². The number of nitrogens with zero attached hydrogens (tertiary/aromatic N) is 3. The van der Waals surface area contributed by atoms with E-state index in [0.717, 1.165) is 41.0 Å². The number of phenolic OH excluding ortho intramolecular Hbond substituents is 1. The summed E-state index contributed by atoms with van der Waals surface area (Å²) >= 11 is 0. The van der Waals surface area contributed by atoms with Crippen LogP contribution in [0.1, 0.15) is 32.7 Å². The minimum absolute atomic E-state index is 0.0757. The first-order valence-corrected chi connectivity index (χ1v) is 9.89. The fraction of sp³-hybridized carbons (Fsp3) is 0.364. The third-order valence-electron chi connectivity index (χ3n) is 5.87. The first-order chi connectivity index (χ1) is 13.8. The molecule has 1 aromatic carbocycles. The predicted molar refractivity (Wildman–Crippen MR) is 115 cm³/mol. The molecule has 1 aliphatic rings. The third-order valence-corrected chi connectivity index (χ3v) is 5.87. The number of anilines is 1. The molecule has 4 rings (SSSR count). The smallest absolute Gasteiger partial charge is 0.258 e. The number of hydrogen-bond donors (Lipinski definition) is 3. The molecule has 1 aliphatic heterocycles. The summed E-state index contributed by atoms with van der Waals surface area (Å²) in [5, 5.41) is 14.3. The van der Waals surface area contributed by atoms with Crippen LogP contribution >= 0.6 is 0 Å². The van der Waals surface area contributed by atoms with Crippen molar-refractivity contribution in [2.45, 2.75) is 27.7 Å². The number of piperazine rings is 1.